The Kier molecular flexibility index (Phi) is 8.15. The van der Waals surface area contributed by atoms with Crippen LogP contribution in [0, 0.1) is 0 Å². The molecule has 0 fully saturated rings. The van der Waals surface area contributed by atoms with E-state index in [1.54, 1.807) is 6.92 Å². The van der Waals surface area contributed by atoms with E-state index in [-0.39, 0.29) is 0 Å². The van der Waals surface area contributed by atoms with Crippen LogP contribution in [0.5, 0.6) is 0 Å². The highest BCUT2D eigenvalue weighted by molar-refractivity contribution is 5.78. The fraction of sp³-hybridized carbons (Fsp3) is 0.909. The third-order valence-electron chi connectivity index (χ3n) is 2.54. The van der Waals surface area contributed by atoms with Gasteiger partial charge in [0.05, 0.1) is 13.2 Å². The lowest BCUT2D eigenvalue weighted by Gasteiger charge is -2.22. The van der Waals surface area contributed by atoms with Crippen molar-refractivity contribution in [1.29, 1.82) is 0 Å². The van der Waals surface area contributed by atoms with E-state index in [1.165, 1.54) is 0 Å². The Bertz CT molecular complexity index is 198. The Hall–Kier alpha value is -0.650. The summed E-state index contributed by atoms with van der Waals surface area (Å²) in [5, 5.41) is 8.92. The fourth-order valence-corrected chi connectivity index (χ4v) is 1.29. The summed E-state index contributed by atoms with van der Waals surface area (Å²) in [6.07, 6.45) is 1.53. The monoisotopic (exact) mass is 233 g/mol. The molecule has 0 aromatic heterocycles. The summed E-state index contributed by atoms with van der Waals surface area (Å²) in [5.74, 6) is -0.940. The molecule has 0 rings (SSSR count). The number of aliphatic carboxylic acids is 1. The van der Waals surface area contributed by atoms with Crippen molar-refractivity contribution >= 4 is 5.97 Å². The Morgan fingerprint density at radius 3 is 2.38 bits per heavy atom. The molecule has 0 aliphatic carbocycles. The number of carbonyl (C=O) groups is 1. The van der Waals surface area contributed by atoms with Crippen LogP contribution in [0.15, 0.2) is 0 Å². The normalized spacial score (nSPS) is 14.7. The molecule has 5 nitrogen and oxygen atoms in total. The molecule has 1 atom stereocenters. The van der Waals surface area contributed by atoms with Crippen molar-refractivity contribution in [2.24, 2.45) is 5.73 Å². The van der Waals surface area contributed by atoms with Crippen molar-refractivity contribution in [3.63, 3.8) is 0 Å². The molecule has 1 unspecified atom stereocenters. The minimum Gasteiger partial charge on any atom is -0.480 e. The number of hydrogen-bond acceptors (Lipinski definition) is 4. The molecular formula is C11H23NO4. The summed E-state index contributed by atoms with van der Waals surface area (Å²) in [4.78, 5) is 10.9. The van der Waals surface area contributed by atoms with Crippen LogP contribution >= 0.6 is 0 Å². The van der Waals surface area contributed by atoms with Crippen molar-refractivity contribution in [3.05, 3.63) is 0 Å². The van der Waals surface area contributed by atoms with Gasteiger partial charge in [-0.25, -0.2) is 0 Å². The smallest absolute Gasteiger partial charge is 0.323 e. The van der Waals surface area contributed by atoms with Crippen molar-refractivity contribution in [2.75, 3.05) is 26.4 Å². The van der Waals surface area contributed by atoms with E-state index in [0.717, 1.165) is 0 Å². The van der Waals surface area contributed by atoms with E-state index in [0.29, 0.717) is 45.7 Å². The number of carboxylic acid groups (broad SMARTS) is 1. The van der Waals surface area contributed by atoms with Gasteiger partial charge in [-0.1, -0.05) is 6.92 Å². The summed E-state index contributed by atoms with van der Waals surface area (Å²) >= 11 is 0. The quantitative estimate of drug-likeness (QED) is 0.550. The third-order valence-corrected chi connectivity index (χ3v) is 2.54. The number of nitrogens with two attached hydrogens (primary N) is 1. The van der Waals surface area contributed by atoms with Crippen molar-refractivity contribution in [1.82, 2.24) is 0 Å². The lowest BCUT2D eigenvalue weighted by Crippen LogP contribution is -2.47. The van der Waals surface area contributed by atoms with Gasteiger partial charge < -0.3 is 20.3 Å². The molecule has 0 saturated heterocycles. The molecule has 0 amide bonds. The van der Waals surface area contributed by atoms with Crippen LogP contribution in [0.4, 0.5) is 0 Å². The minimum atomic E-state index is -1.11. The summed E-state index contributed by atoms with van der Waals surface area (Å²) in [7, 11) is 0. The van der Waals surface area contributed by atoms with E-state index in [9.17, 15) is 4.79 Å². The summed E-state index contributed by atoms with van der Waals surface area (Å²) < 4.78 is 10.4. The number of ether oxygens (including phenoxy) is 2. The van der Waals surface area contributed by atoms with Gasteiger partial charge in [-0.05, 0) is 26.2 Å². The van der Waals surface area contributed by atoms with Gasteiger partial charge in [0.2, 0.25) is 0 Å². The van der Waals surface area contributed by atoms with Crippen LogP contribution in [0.1, 0.15) is 33.1 Å². The molecule has 3 N–H and O–H groups in total. The Balaban J connectivity index is 3.53. The van der Waals surface area contributed by atoms with Crippen LogP contribution in [-0.4, -0.2) is 43.0 Å². The minimum absolute atomic E-state index is 0.432. The largest absolute Gasteiger partial charge is 0.480 e. The lowest BCUT2D eigenvalue weighted by molar-refractivity contribution is -0.143. The molecule has 0 aliphatic rings. The van der Waals surface area contributed by atoms with Crippen LogP contribution < -0.4 is 5.73 Å². The van der Waals surface area contributed by atoms with Gasteiger partial charge in [0.1, 0.15) is 5.54 Å². The molecule has 0 aromatic carbocycles. The highest BCUT2D eigenvalue weighted by Crippen LogP contribution is 2.14. The van der Waals surface area contributed by atoms with Gasteiger partial charge in [0.25, 0.3) is 0 Å². The first-order valence-electron chi connectivity index (χ1n) is 5.74. The molecule has 0 heterocycles. The van der Waals surface area contributed by atoms with Crippen LogP contribution in [-0.2, 0) is 14.3 Å². The number of carboxylic acids is 1. The summed E-state index contributed by atoms with van der Waals surface area (Å²) in [5.41, 5.74) is 4.61. The third kappa shape index (κ3) is 6.05. The molecule has 16 heavy (non-hydrogen) atoms. The van der Waals surface area contributed by atoms with E-state index in [1.807, 2.05) is 6.92 Å². The lowest BCUT2D eigenvalue weighted by atomic mass is 9.92. The number of rotatable bonds is 10. The first-order chi connectivity index (χ1) is 7.56. The highest BCUT2D eigenvalue weighted by Gasteiger charge is 2.30. The second kappa shape index (κ2) is 8.50. The first kappa shape index (κ1) is 15.3. The van der Waals surface area contributed by atoms with E-state index < -0.39 is 11.5 Å². The van der Waals surface area contributed by atoms with Crippen molar-refractivity contribution in [3.8, 4) is 0 Å². The predicted octanol–water partition coefficient (Wildman–Crippen LogP) is 1.01. The average molecular weight is 233 g/mol. The van der Waals surface area contributed by atoms with Crippen molar-refractivity contribution in [2.45, 2.75) is 38.6 Å². The predicted molar refractivity (Wildman–Crippen MR) is 61.4 cm³/mol. The molecule has 96 valence electrons. The first-order valence-corrected chi connectivity index (χ1v) is 5.74. The van der Waals surface area contributed by atoms with E-state index >= 15 is 0 Å². The Morgan fingerprint density at radius 1 is 1.25 bits per heavy atom. The Morgan fingerprint density at radius 2 is 1.88 bits per heavy atom. The van der Waals surface area contributed by atoms with Crippen LogP contribution in [0.3, 0.4) is 0 Å². The molecule has 5 heteroatoms. The highest BCUT2D eigenvalue weighted by atomic mass is 16.5. The maximum absolute atomic E-state index is 10.9. The van der Waals surface area contributed by atoms with Gasteiger partial charge in [-0.3, -0.25) is 4.79 Å². The molecule has 0 radical (unpaired) electrons. The molecule has 0 aromatic rings. The zero-order chi connectivity index (χ0) is 12.4. The van der Waals surface area contributed by atoms with Gasteiger partial charge in [-0.2, -0.15) is 0 Å². The average Bonchev–Trinajstić information content (AvgIpc) is 2.27. The zero-order valence-corrected chi connectivity index (χ0v) is 10.2. The van der Waals surface area contributed by atoms with E-state index in [2.05, 4.69) is 0 Å². The molecular weight excluding hydrogens is 210 g/mol. The van der Waals surface area contributed by atoms with Gasteiger partial charge >= 0.3 is 5.97 Å². The van der Waals surface area contributed by atoms with Crippen molar-refractivity contribution < 1.29 is 19.4 Å². The maximum Gasteiger partial charge on any atom is 0.323 e. The fourth-order valence-electron chi connectivity index (χ4n) is 1.29. The van der Waals surface area contributed by atoms with Gasteiger partial charge in [0, 0.05) is 13.2 Å². The molecule has 0 saturated carbocycles. The molecule has 0 spiro atoms. The number of hydrogen-bond donors (Lipinski definition) is 2. The second-order valence-corrected chi connectivity index (χ2v) is 3.73. The van der Waals surface area contributed by atoms with Gasteiger partial charge in [0.15, 0.2) is 0 Å². The second-order valence-electron chi connectivity index (χ2n) is 3.73. The Labute approximate surface area is 96.9 Å². The summed E-state index contributed by atoms with van der Waals surface area (Å²) in [6, 6.07) is 0. The van der Waals surface area contributed by atoms with E-state index in [4.69, 9.17) is 20.3 Å². The molecule has 0 bridgehead atoms. The maximum atomic E-state index is 10.9. The van der Waals surface area contributed by atoms with Crippen LogP contribution in [0.25, 0.3) is 0 Å². The topological polar surface area (TPSA) is 81.8 Å². The zero-order valence-electron chi connectivity index (χ0n) is 10.2. The van der Waals surface area contributed by atoms with Crippen LogP contribution in [0.2, 0.25) is 0 Å². The molecule has 0 aliphatic heterocycles. The standard InChI is InChI=1S/C11H23NO4/c1-3-11(12,10(13)14)6-5-7-16-9-8-15-4-2/h3-9,12H2,1-2H3,(H,13,14). The SMILES string of the molecule is CCOCCOCCCC(N)(CC)C(=O)O. The summed E-state index contributed by atoms with van der Waals surface area (Å²) in [6.45, 7) is 6.05. The van der Waals surface area contributed by atoms with Gasteiger partial charge in [-0.15, -0.1) is 0 Å².